The van der Waals surface area contributed by atoms with Crippen LogP contribution in [0.5, 0.6) is 5.75 Å². The Hall–Kier alpha value is -2.14. The molecule has 2 atom stereocenters. The second-order valence-electron chi connectivity index (χ2n) is 4.08. The van der Waals surface area contributed by atoms with Crippen LogP contribution in [-0.2, 0) is 14.3 Å². The number of benzene rings is 1. The zero-order valence-electron chi connectivity index (χ0n) is 10.6. The van der Waals surface area contributed by atoms with Crippen LogP contribution >= 0.6 is 0 Å². The molecular formula is C14H15NO4. The van der Waals surface area contributed by atoms with Gasteiger partial charge in [-0.1, -0.05) is 6.08 Å². The topological polar surface area (TPSA) is 55.8 Å². The standard InChI is InChI=1S/C14H15NO4/c1-3-8-19-13-12(9-16)15(14(13)17)10-4-6-11(18-2)7-5-10/h3-7,9,12-13H,1,8H2,2H3/t12-,13-/m1/s1. The van der Waals surface area contributed by atoms with Crippen molar-refractivity contribution in [3.05, 3.63) is 36.9 Å². The van der Waals surface area contributed by atoms with E-state index in [1.165, 1.54) is 4.90 Å². The monoisotopic (exact) mass is 261 g/mol. The van der Waals surface area contributed by atoms with Gasteiger partial charge in [-0.3, -0.25) is 9.69 Å². The minimum atomic E-state index is -0.711. The second-order valence-corrected chi connectivity index (χ2v) is 4.08. The van der Waals surface area contributed by atoms with Gasteiger partial charge in [-0.25, -0.2) is 0 Å². The number of nitrogens with zero attached hydrogens (tertiary/aromatic N) is 1. The average Bonchev–Trinajstić information content (AvgIpc) is 2.45. The van der Waals surface area contributed by atoms with Crippen LogP contribution in [0.3, 0.4) is 0 Å². The number of carbonyl (C=O) groups excluding carboxylic acids is 2. The van der Waals surface area contributed by atoms with E-state index in [1.807, 2.05) is 0 Å². The molecule has 0 unspecified atom stereocenters. The van der Waals surface area contributed by atoms with Gasteiger partial charge in [0.05, 0.1) is 13.7 Å². The molecule has 1 fully saturated rings. The quantitative estimate of drug-likeness (QED) is 0.438. The van der Waals surface area contributed by atoms with Crippen LogP contribution in [0.15, 0.2) is 36.9 Å². The number of methoxy groups -OCH3 is 1. The highest BCUT2D eigenvalue weighted by Gasteiger charge is 2.48. The Bertz CT molecular complexity index is 483. The largest absolute Gasteiger partial charge is 0.497 e. The third-order valence-corrected chi connectivity index (χ3v) is 2.97. The van der Waals surface area contributed by atoms with E-state index in [2.05, 4.69) is 6.58 Å². The van der Waals surface area contributed by atoms with Crippen molar-refractivity contribution in [1.82, 2.24) is 0 Å². The van der Waals surface area contributed by atoms with Gasteiger partial charge >= 0.3 is 0 Å². The van der Waals surface area contributed by atoms with Crippen LogP contribution in [0.1, 0.15) is 0 Å². The number of hydrogen-bond acceptors (Lipinski definition) is 4. The van der Waals surface area contributed by atoms with E-state index in [-0.39, 0.29) is 12.5 Å². The van der Waals surface area contributed by atoms with Gasteiger partial charge in [0.15, 0.2) is 6.10 Å². The van der Waals surface area contributed by atoms with E-state index in [9.17, 15) is 9.59 Å². The summed E-state index contributed by atoms with van der Waals surface area (Å²) in [6.07, 6.45) is 1.56. The molecule has 0 saturated carbocycles. The Labute approximate surface area is 111 Å². The van der Waals surface area contributed by atoms with Crippen molar-refractivity contribution in [3.63, 3.8) is 0 Å². The Balaban J connectivity index is 2.13. The van der Waals surface area contributed by atoms with Gasteiger partial charge in [0.2, 0.25) is 0 Å². The molecule has 1 saturated heterocycles. The molecule has 1 aromatic carbocycles. The molecule has 100 valence electrons. The van der Waals surface area contributed by atoms with Crippen LogP contribution in [0.4, 0.5) is 5.69 Å². The van der Waals surface area contributed by atoms with Gasteiger partial charge < -0.3 is 14.3 Å². The predicted octanol–water partition coefficient (Wildman–Crippen LogP) is 1.18. The Kier molecular flexibility index (Phi) is 3.97. The predicted molar refractivity (Wildman–Crippen MR) is 70.3 cm³/mol. The third kappa shape index (κ3) is 2.37. The molecule has 0 radical (unpaired) electrons. The van der Waals surface area contributed by atoms with Crippen molar-refractivity contribution >= 4 is 17.9 Å². The van der Waals surface area contributed by atoms with Gasteiger partial charge in [-0.2, -0.15) is 0 Å². The molecule has 1 aliphatic heterocycles. The Morgan fingerprint density at radius 3 is 2.58 bits per heavy atom. The van der Waals surface area contributed by atoms with Crippen LogP contribution in [-0.4, -0.2) is 38.1 Å². The highest BCUT2D eigenvalue weighted by Crippen LogP contribution is 2.30. The lowest BCUT2D eigenvalue weighted by molar-refractivity contribution is -0.144. The van der Waals surface area contributed by atoms with Crippen LogP contribution in [0.2, 0.25) is 0 Å². The molecule has 5 nitrogen and oxygen atoms in total. The van der Waals surface area contributed by atoms with Crippen molar-refractivity contribution < 1.29 is 19.1 Å². The number of anilines is 1. The number of ether oxygens (including phenoxy) is 2. The summed E-state index contributed by atoms with van der Waals surface area (Å²) in [7, 11) is 1.57. The first-order chi connectivity index (χ1) is 9.22. The summed E-state index contributed by atoms with van der Waals surface area (Å²) in [6, 6.07) is 6.36. The van der Waals surface area contributed by atoms with E-state index in [0.29, 0.717) is 11.4 Å². The summed E-state index contributed by atoms with van der Waals surface area (Å²) >= 11 is 0. The zero-order chi connectivity index (χ0) is 13.8. The summed E-state index contributed by atoms with van der Waals surface area (Å²) in [5.41, 5.74) is 0.654. The maximum atomic E-state index is 12.0. The van der Waals surface area contributed by atoms with Crippen LogP contribution in [0, 0.1) is 0 Å². The number of hydrogen-bond donors (Lipinski definition) is 0. The fraction of sp³-hybridized carbons (Fsp3) is 0.286. The zero-order valence-corrected chi connectivity index (χ0v) is 10.6. The molecule has 19 heavy (non-hydrogen) atoms. The Morgan fingerprint density at radius 1 is 1.37 bits per heavy atom. The van der Waals surface area contributed by atoms with Gasteiger partial charge in [0, 0.05) is 5.69 Å². The minimum absolute atomic E-state index is 0.218. The first-order valence-corrected chi connectivity index (χ1v) is 5.88. The summed E-state index contributed by atoms with van der Waals surface area (Å²) < 4.78 is 10.3. The average molecular weight is 261 g/mol. The molecule has 1 amide bonds. The van der Waals surface area contributed by atoms with E-state index in [4.69, 9.17) is 9.47 Å². The fourth-order valence-electron chi connectivity index (χ4n) is 2.00. The van der Waals surface area contributed by atoms with Crippen LogP contribution in [0.25, 0.3) is 0 Å². The van der Waals surface area contributed by atoms with Crippen molar-refractivity contribution in [2.24, 2.45) is 0 Å². The number of aldehydes is 1. The number of β-lactam (4-membered cyclic amide) rings is 1. The number of amides is 1. The number of carbonyl (C=O) groups is 2. The number of rotatable bonds is 6. The minimum Gasteiger partial charge on any atom is -0.497 e. The highest BCUT2D eigenvalue weighted by molar-refractivity contribution is 6.10. The van der Waals surface area contributed by atoms with Crippen molar-refractivity contribution in [3.8, 4) is 5.75 Å². The first-order valence-electron chi connectivity index (χ1n) is 5.88. The lowest BCUT2D eigenvalue weighted by Crippen LogP contribution is -2.67. The Morgan fingerprint density at radius 2 is 2.05 bits per heavy atom. The molecule has 0 aliphatic carbocycles. The van der Waals surface area contributed by atoms with Crippen LogP contribution < -0.4 is 9.64 Å². The summed E-state index contributed by atoms with van der Waals surface area (Å²) in [4.78, 5) is 24.5. The third-order valence-electron chi connectivity index (χ3n) is 2.97. The summed E-state index contributed by atoms with van der Waals surface area (Å²) in [6.45, 7) is 3.76. The molecule has 0 bridgehead atoms. The maximum Gasteiger partial charge on any atom is 0.259 e. The van der Waals surface area contributed by atoms with Crippen molar-refractivity contribution in [2.45, 2.75) is 12.1 Å². The first kappa shape index (κ1) is 13.3. The maximum absolute atomic E-state index is 12.0. The molecular weight excluding hydrogens is 246 g/mol. The van der Waals surface area contributed by atoms with Crippen molar-refractivity contribution in [1.29, 1.82) is 0 Å². The van der Waals surface area contributed by atoms with Gasteiger partial charge in [-0.05, 0) is 24.3 Å². The van der Waals surface area contributed by atoms with Gasteiger partial charge in [0.1, 0.15) is 18.1 Å². The van der Waals surface area contributed by atoms with Crippen molar-refractivity contribution in [2.75, 3.05) is 18.6 Å². The second kappa shape index (κ2) is 5.67. The van der Waals surface area contributed by atoms with Gasteiger partial charge in [0.25, 0.3) is 5.91 Å². The van der Waals surface area contributed by atoms with Gasteiger partial charge in [-0.15, -0.1) is 6.58 Å². The molecule has 0 spiro atoms. The molecule has 2 rings (SSSR count). The van der Waals surface area contributed by atoms with E-state index in [0.717, 1.165) is 6.29 Å². The lowest BCUT2D eigenvalue weighted by atomic mass is 9.98. The molecule has 5 heteroatoms. The smallest absolute Gasteiger partial charge is 0.259 e. The highest BCUT2D eigenvalue weighted by atomic mass is 16.5. The SMILES string of the molecule is C=CCO[C@H]1C(=O)N(c2ccc(OC)cc2)[C@@H]1C=O. The molecule has 1 aliphatic rings. The molecule has 0 N–H and O–H groups in total. The normalized spacial score (nSPS) is 21.7. The molecule has 1 aromatic rings. The fourth-order valence-corrected chi connectivity index (χ4v) is 2.00. The van der Waals surface area contributed by atoms with E-state index in [1.54, 1.807) is 37.5 Å². The summed E-state index contributed by atoms with van der Waals surface area (Å²) in [5.74, 6) is 0.475. The van der Waals surface area contributed by atoms with E-state index >= 15 is 0 Å². The molecule has 1 heterocycles. The van der Waals surface area contributed by atoms with E-state index < -0.39 is 12.1 Å². The molecule has 0 aromatic heterocycles. The lowest BCUT2D eigenvalue weighted by Gasteiger charge is -2.43. The summed E-state index contributed by atoms with van der Waals surface area (Å²) in [5, 5.41) is 0.